The number of carbonyl (C=O) groups is 1. The molecule has 102 valence electrons. The minimum Gasteiger partial charge on any atom is -0.378 e. The molecular weight excluding hydrogens is 242 g/mol. The smallest absolute Gasteiger partial charge is 0.316 e. The fourth-order valence-electron chi connectivity index (χ4n) is 1.81. The van der Waals surface area contributed by atoms with Crippen molar-refractivity contribution in [3.05, 3.63) is 35.9 Å². The van der Waals surface area contributed by atoms with E-state index in [-0.39, 0.29) is 6.61 Å². The fourth-order valence-corrected chi connectivity index (χ4v) is 1.81. The lowest BCUT2D eigenvalue weighted by Crippen LogP contribution is -2.51. The standard InChI is InChI=1S/C14H19N3O2/c1-3-9-19-11-14(10-15,17(2)13(16)18)12-7-5-4-6-8-12/h4-8H,3,9,11H2,1-2H3,(H2,16,18)/t14-/m1/s1. The molecule has 0 fully saturated rings. The molecule has 5 nitrogen and oxygen atoms in total. The predicted octanol–water partition coefficient (Wildman–Crippen LogP) is 1.84. The fraction of sp³-hybridized carbons (Fsp3) is 0.429. The highest BCUT2D eigenvalue weighted by atomic mass is 16.5. The zero-order chi connectivity index (χ0) is 14.3. The summed E-state index contributed by atoms with van der Waals surface area (Å²) < 4.78 is 5.49. The molecule has 1 aromatic carbocycles. The zero-order valence-corrected chi connectivity index (χ0v) is 11.3. The van der Waals surface area contributed by atoms with Crippen LogP contribution < -0.4 is 5.73 Å². The number of carbonyl (C=O) groups excluding carboxylic acids is 1. The molecule has 0 spiro atoms. The number of urea groups is 1. The van der Waals surface area contributed by atoms with Crippen molar-refractivity contribution in [3.8, 4) is 6.07 Å². The Hall–Kier alpha value is -2.06. The van der Waals surface area contributed by atoms with E-state index in [2.05, 4.69) is 6.07 Å². The van der Waals surface area contributed by atoms with Gasteiger partial charge in [-0.2, -0.15) is 5.26 Å². The quantitative estimate of drug-likeness (QED) is 0.793. The van der Waals surface area contributed by atoms with Gasteiger partial charge in [-0.05, 0) is 12.0 Å². The first kappa shape index (κ1) is 15.0. The highest BCUT2D eigenvalue weighted by molar-refractivity contribution is 5.73. The van der Waals surface area contributed by atoms with Gasteiger partial charge < -0.3 is 15.4 Å². The van der Waals surface area contributed by atoms with E-state index >= 15 is 0 Å². The van der Waals surface area contributed by atoms with E-state index in [0.717, 1.165) is 6.42 Å². The molecule has 0 saturated heterocycles. The second-order valence-corrected chi connectivity index (χ2v) is 4.29. The van der Waals surface area contributed by atoms with Crippen LogP contribution in [0.5, 0.6) is 0 Å². The van der Waals surface area contributed by atoms with Crippen LogP contribution in [0.1, 0.15) is 18.9 Å². The Kier molecular flexibility index (Phi) is 5.34. The maximum Gasteiger partial charge on any atom is 0.316 e. The third kappa shape index (κ3) is 3.24. The first-order valence-electron chi connectivity index (χ1n) is 6.16. The molecule has 1 aromatic rings. The summed E-state index contributed by atoms with van der Waals surface area (Å²) in [6.07, 6.45) is 0.844. The summed E-state index contributed by atoms with van der Waals surface area (Å²) in [5.41, 5.74) is 4.82. The SMILES string of the molecule is CCCOC[C@](C#N)(c1ccccc1)N(C)C(N)=O. The Bertz CT molecular complexity index is 456. The molecule has 5 heteroatoms. The van der Waals surface area contributed by atoms with Crippen molar-refractivity contribution in [2.45, 2.75) is 18.9 Å². The van der Waals surface area contributed by atoms with Gasteiger partial charge in [0, 0.05) is 13.7 Å². The number of nitrogens with two attached hydrogens (primary N) is 1. The lowest BCUT2D eigenvalue weighted by Gasteiger charge is -2.35. The molecular formula is C14H19N3O2. The molecule has 0 heterocycles. The normalized spacial score (nSPS) is 13.3. The zero-order valence-electron chi connectivity index (χ0n) is 11.3. The van der Waals surface area contributed by atoms with Crippen LogP contribution in [0.25, 0.3) is 0 Å². The summed E-state index contributed by atoms with van der Waals surface area (Å²) in [4.78, 5) is 12.7. The molecule has 1 rings (SSSR count). The number of hydrogen-bond donors (Lipinski definition) is 1. The lowest BCUT2D eigenvalue weighted by atomic mass is 9.90. The van der Waals surface area contributed by atoms with Crippen molar-refractivity contribution in [2.75, 3.05) is 20.3 Å². The van der Waals surface area contributed by atoms with Gasteiger partial charge in [0.2, 0.25) is 0 Å². The molecule has 0 aromatic heterocycles. The lowest BCUT2D eigenvalue weighted by molar-refractivity contribution is 0.0496. The molecule has 0 unspecified atom stereocenters. The molecule has 2 amide bonds. The second-order valence-electron chi connectivity index (χ2n) is 4.29. The predicted molar refractivity (Wildman–Crippen MR) is 72.2 cm³/mol. The molecule has 0 aliphatic rings. The second kappa shape index (κ2) is 6.76. The molecule has 2 N–H and O–H groups in total. The van der Waals surface area contributed by atoms with Crippen LogP contribution in [0.2, 0.25) is 0 Å². The van der Waals surface area contributed by atoms with E-state index in [1.165, 1.54) is 11.9 Å². The number of likely N-dealkylation sites (N-methyl/N-ethyl adjacent to an activating group) is 1. The minimum absolute atomic E-state index is 0.0980. The van der Waals surface area contributed by atoms with Crippen molar-refractivity contribution >= 4 is 6.03 Å². The highest BCUT2D eigenvalue weighted by Crippen LogP contribution is 2.27. The molecule has 19 heavy (non-hydrogen) atoms. The van der Waals surface area contributed by atoms with Gasteiger partial charge >= 0.3 is 6.03 Å². The summed E-state index contributed by atoms with van der Waals surface area (Å²) in [7, 11) is 1.51. The van der Waals surface area contributed by atoms with E-state index in [0.29, 0.717) is 12.2 Å². The number of hydrogen-bond acceptors (Lipinski definition) is 3. The molecule has 0 aliphatic carbocycles. The number of nitriles is 1. The number of nitrogens with zero attached hydrogens (tertiary/aromatic N) is 2. The van der Waals surface area contributed by atoms with Crippen LogP contribution in [0.3, 0.4) is 0 Å². The summed E-state index contributed by atoms with van der Waals surface area (Å²) in [6.45, 7) is 2.61. The van der Waals surface area contributed by atoms with Gasteiger partial charge in [0.25, 0.3) is 0 Å². The Morgan fingerprint density at radius 2 is 2.11 bits per heavy atom. The van der Waals surface area contributed by atoms with Crippen LogP contribution in [0.15, 0.2) is 30.3 Å². The first-order chi connectivity index (χ1) is 9.08. The molecule has 0 aliphatic heterocycles. The topological polar surface area (TPSA) is 79.3 Å². The van der Waals surface area contributed by atoms with Crippen molar-refractivity contribution in [2.24, 2.45) is 5.73 Å². The summed E-state index contributed by atoms with van der Waals surface area (Å²) in [5.74, 6) is 0. The van der Waals surface area contributed by atoms with Crippen molar-refractivity contribution in [3.63, 3.8) is 0 Å². The Balaban J connectivity index is 3.15. The summed E-state index contributed by atoms with van der Waals surface area (Å²) >= 11 is 0. The minimum atomic E-state index is -1.19. The monoisotopic (exact) mass is 261 g/mol. The maximum atomic E-state index is 11.5. The van der Waals surface area contributed by atoms with Gasteiger partial charge in [0.05, 0.1) is 12.7 Å². The Morgan fingerprint density at radius 3 is 2.58 bits per heavy atom. The van der Waals surface area contributed by atoms with Gasteiger partial charge in [-0.1, -0.05) is 37.3 Å². The molecule has 0 radical (unpaired) electrons. The number of amides is 2. The Labute approximate surface area is 113 Å². The number of ether oxygens (including phenoxy) is 1. The van der Waals surface area contributed by atoms with Gasteiger partial charge in [0.15, 0.2) is 5.54 Å². The molecule has 0 bridgehead atoms. The van der Waals surface area contributed by atoms with Crippen molar-refractivity contribution in [1.29, 1.82) is 5.26 Å². The van der Waals surface area contributed by atoms with E-state index in [1.54, 1.807) is 12.1 Å². The van der Waals surface area contributed by atoms with E-state index in [9.17, 15) is 10.1 Å². The first-order valence-corrected chi connectivity index (χ1v) is 6.16. The third-order valence-electron chi connectivity index (χ3n) is 3.00. The van der Waals surface area contributed by atoms with Crippen LogP contribution in [-0.2, 0) is 10.3 Å². The van der Waals surface area contributed by atoms with Crippen LogP contribution in [0.4, 0.5) is 4.79 Å². The molecule has 1 atom stereocenters. The number of benzene rings is 1. The maximum absolute atomic E-state index is 11.5. The van der Waals surface area contributed by atoms with Crippen LogP contribution in [0, 0.1) is 11.3 Å². The summed E-state index contributed by atoms with van der Waals surface area (Å²) in [5, 5.41) is 9.57. The van der Waals surface area contributed by atoms with Crippen LogP contribution in [-0.4, -0.2) is 31.2 Å². The van der Waals surface area contributed by atoms with Gasteiger partial charge in [-0.15, -0.1) is 0 Å². The van der Waals surface area contributed by atoms with Gasteiger partial charge in [-0.3, -0.25) is 0 Å². The number of primary amides is 1. The van der Waals surface area contributed by atoms with Crippen molar-refractivity contribution in [1.82, 2.24) is 4.90 Å². The Morgan fingerprint density at radius 1 is 1.47 bits per heavy atom. The largest absolute Gasteiger partial charge is 0.378 e. The highest BCUT2D eigenvalue weighted by Gasteiger charge is 2.39. The van der Waals surface area contributed by atoms with Crippen molar-refractivity contribution < 1.29 is 9.53 Å². The van der Waals surface area contributed by atoms with Gasteiger partial charge in [0.1, 0.15) is 0 Å². The van der Waals surface area contributed by atoms with E-state index < -0.39 is 11.6 Å². The molecule has 0 saturated carbocycles. The third-order valence-corrected chi connectivity index (χ3v) is 3.00. The number of rotatable bonds is 6. The van der Waals surface area contributed by atoms with Crippen LogP contribution >= 0.6 is 0 Å². The van der Waals surface area contributed by atoms with E-state index in [1.807, 2.05) is 25.1 Å². The average molecular weight is 261 g/mol. The average Bonchev–Trinajstić information content (AvgIpc) is 2.44. The van der Waals surface area contributed by atoms with Gasteiger partial charge in [-0.25, -0.2) is 4.79 Å². The summed E-state index contributed by atoms with van der Waals surface area (Å²) in [6, 6.07) is 10.6. The van der Waals surface area contributed by atoms with E-state index in [4.69, 9.17) is 10.5 Å².